The highest BCUT2D eigenvalue weighted by molar-refractivity contribution is 6.01. The summed E-state index contributed by atoms with van der Waals surface area (Å²) in [5.74, 6) is 1.42. The summed E-state index contributed by atoms with van der Waals surface area (Å²) in [7, 11) is 0. The van der Waals surface area contributed by atoms with E-state index in [1.807, 2.05) is 0 Å². The minimum absolute atomic E-state index is 0.0277. The Balaban J connectivity index is 2.36. The summed E-state index contributed by atoms with van der Waals surface area (Å²) in [5, 5.41) is 0. The topological polar surface area (TPSA) is 61.6 Å². The molecule has 0 aromatic heterocycles. The van der Waals surface area contributed by atoms with E-state index >= 15 is 0 Å². The van der Waals surface area contributed by atoms with Gasteiger partial charge < -0.3 is 15.2 Å². The van der Waals surface area contributed by atoms with Crippen LogP contribution < -0.4 is 15.2 Å². The van der Waals surface area contributed by atoms with Crippen molar-refractivity contribution in [3.05, 3.63) is 16.7 Å². The summed E-state index contributed by atoms with van der Waals surface area (Å²) in [5.41, 5.74) is 9.23. The lowest BCUT2D eigenvalue weighted by atomic mass is 9.95. The second-order valence-corrected chi connectivity index (χ2v) is 4.16. The van der Waals surface area contributed by atoms with Gasteiger partial charge in [-0.25, -0.2) is 0 Å². The molecule has 4 nitrogen and oxygen atoms in total. The molecular weight excluding hydrogens is 206 g/mol. The number of nitrogens with two attached hydrogens (primary N) is 1. The first-order valence-corrected chi connectivity index (χ1v) is 5.44. The highest BCUT2D eigenvalue weighted by Gasteiger charge is 2.31. The Bertz CT molecular complexity index is 459. The lowest BCUT2D eigenvalue weighted by Crippen LogP contribution is -2.04. The Morgan fingerprint density at radius 1 is 1.12 bits per heavy atom. The Kier molecular flexibility index (Phi) is 1.87. The van der Waals surface area contributed by atoms with Crippen molar-refractivity contribution in [1.82, 2.24) is 0 Å². The summed E-state index contributed by atoms with van der Waals surface area (Å²) < 4.78 is 11.1. The zero-order chi connectivity index (χ0) is 11.3. The molecule has 2 aliphatic rings. The summed E-state index contributed by atoms with van der Waals surface area (Å²) in [6.07, 6.45) is 1.50. The third-order valence-electron chi connectivity index (χ3n) is 3.20. The van der Waals surface area contributed by atoms with Crippen LogP contribution in [0.5, 0.6) is 11.5 Å². The summed E-state index contributed by atoms with van der Waals surface area (Å²) in [6.45, 7) is 2.76. The molecule has 0 radical (unpaired) electrons. The molecule has 4 heteroatoms. The van der Waals surface area contributed by atoms with Crippen molar-refractivity contribution >= 4 is 11.5 Å². The van der Waals surface area contributed by atoms with E-state index in [0.717, 1.165) is 24.0 Å². The number of nitrogen functional groups attached to an aromatic ring is 1. The smallest absolute Gasteiger partial charge is 0.163 e. The number of ketones is 1. The molecule has 3 rings (SSSR count). The monoisotopic (exact) mass is 219 g/mol. The fourth-order valence-electron chi connectivity index (χ4n) is 2.52. The molecule has 0 saturated heterocycles. The number of Topliss-reactive ketones (excluding diaryl/α,β-unsaturated/α-hetero) is 1. The highest BCUT2D eigenvalue weighted by Crippen LogP contribution is 2.46. The maximum absolute atomic E-state index is 11.7. The van der Waals surface area contributed by atoms with Gasteiger partial charge in [-0.1, -0.05) is 0 Å². The molecule has 0 atom stereocenters. The van der Waals surface area contributed by atoms with Crippen LogP contribution in [0, 0.1) is 0 Å². The van der Waals surface area contributed by atoms with Crippen LogP contribution in [0.4, 0.5) is 5.69 Å². The van der Waals surface area contributed by atoms with Crippen molar-refractivity contribution in [2.24, 2.45) is 0 Å². The summed E-state index contributed by atoms with van der Waals surface area (Å²) in [6, 6.07) is 0. The minimum atomic E-state index is 0.0277. The molecule has 0 saturated carbocycles. The predicted octanol–water partition coefficient (Wildman–Crippen LogP) is 1.34. The van der Waals surface area contributed by atoms with Crippen LogP contribution >= 0.6 is 0 Å². The molecule has 0 spiro atoms. The molecule has 2 heterocycles. The van der Waals surface area contributed by atoms with E-state index in [2.05, 4.69) is 0 Å². The van der Waals surface area contributed by atoms with Crippen LogP contribution in [0.3, 0.4) is 0 Å². The molecule has 1 aromatic rings. The fraction of sp³-hybridized carbons (Fsp3) is 0.417. The van der Waals surface area contributed by atoms with Gasteiger partial charge in [-0.05, 0) is 6.92 Å². The highest BCUT2D eigenvalue weighted by atomic mass is 16.5. The van der Waals surface area contributed by atoms with Gasteiger partial charge in [-0.2, -0.15) is 0 Å². The molecule has 0 aliphatic carbocycles. The molecule has 16 heavy (non-hydrogen) atoms. The van der Waals surface area contributed by atoms with Crippen LogP contribution in [0.2, 0.25) is 0 Å². The van der Waals surface area contributed by atoms with Crippen molar-refractivity contribution in [2.45, 2.75) is 19.8 Å². The first-order chi connectivity index (χ1) is 7.70. The standard InChI is InChI=1S/C12H13NO3/c1-6(14)9-7-2-4-16-12(7)10(13)8-3-5-15-11(8)9/h2-5,13H2,1H3. The number of anilines is 1. The Morgan fingerprint density at radius 3 is 2.44 bits per heavy atom. The van der Waals surface area contributed by atoms with E-state index in [9.17, 15) is 4.79 Å². The number of ether oxygens (including phenoxy) is 2. The zero-order valence-electron chi connectivity index (χ0n) is 9.13. The van der Waals surface area contributed by atoms with Gasteiger partial charge in [0.1, 0.15) is 11.5 Å². The van der Waals surface area contributed by atoms with E-state index in [-0.39, 0.29) is 5.78 Å². The van der Waals surface area contributed by atoms with E-state index in [4.69, 9.17) is 15.2 Å². The minimum Gasteiger partial charge on any atom is -0.492 e. The van der Waals surface area contributed by atoms with Crippen molar-refractivity contribution in [3.63, 3.8) is 0 Å². The average Bonchev–Trinajstić information content (AvgIpc) is 2.84. The lowest BCUT2D eigenvalue weighted by Gasteiger charge is -2.13. The van der Waals surface area contributed by atoms with Gasteiger partial charge >= 0.3 is 0 Å². The number of carbonyl (C=O) groups is 1. The molecule has 84 valence electrons. The van der Waals surface area contributed by atoms with Crippen molar-refractivity contribution < 1.29 is 14.3 Å². The van der Waals surface area contributed by atoms with Crippen molar-refractivity contribution in [1.29, 1.82) is 0 Å². The normalized spacial score (nSPS) is 16.3. The van der Waals surface area contributed by atoms with Gasteiger partial charge in [-0.3, -0.25) is 4.79 Å². The van der Waals surface area contributed by atoms with Crippen LogP contribution in [0.15, 0.2) is 0 Å². The number of benzene rings is 1. The predicted molar refractivity (Wildman–Crippen MR) is 59.3 cm³/mol. The van der Waals surface area contributed by atoms with Crippen molar-refractivity contribution in [2.75, 3.05) is 18.9 Å². The zero-order valence-corrected chi connectivity index (χ0v) is 9.13. The fourth-order valence-corrected chi connectivity index (χ4v) is 2.52. The Morgan fingerprint density at radius 2 is 1.75 bits per heavy atom. The Hall–Kier alpha value is -1.71. The molecule has 0 amide bonds. The van der Waals surface area contributed by atoms with Gasteiger partial charge in [0.15, 0.2) is 5.78 Å². The first kappa shape index (κ1) is 9.51. The number of hydrogen-bond donors (Lipinski definition) is 1. The molecule has 0 fully saturated rings. The first-order valence-electron chi connectivity index (χ1n) is 5.44. The van der Waals surface area contributed by atoms with Crippen LogP contribution in [-0.2, 0) is 12.8 Å². The van der Waals surface area contributed by atoms with Gasteiger partial charge in [0.2, 0.25) is 0 Å². The number of carbonyl (C=O) groups excluding carboxylic acids is 1. The number of hydrogen-bond acceptors (Lipinski definition) is 4. The summed E-state index contributed by atoms with van der Waals surface area (Å²) in [4.78, 5) is 11.7. The van der Waals surface area contributed by atoms with E-state index in [1.165, 1.54) is 0 Å². The molecule has 1 aromatic carbocycles. The molecule has 2 N–H and O–H groups in total. The largest absolute Gasteiger partial charge is 0.492 e. The van der Waals surface area contributed by atoms with Crippen LogP contribution in [0.1, 0.15) is 28.4 Å². The second kappa shape index (κ2) is 3.14. The molecule has 2 aliphatic heterocycles. The van der Waals surface area contributed by atoms with Gasteiger partial charge in [0, 0.05) is 24.0 Å². The second-order valence-electron chi connectivity index (χ2n) is 4.16. The average molecular weight is 219 g/mol. The summed E-state index contributed by atoms with van der Waals surface area (Å²) >= 11 is 0. The number of rotatable bonds is 1. The molecular formula is C12H13NO3. The van der Waals surface area contributed by atoms with E-state index in [1.54, 1.807) is 6.92 Å². The molecule has 0 bridgehead atoms. The van der Waals surface area contributed by atoms with E-state index in [0.29, 0.717) is 36.0 Å². The third-order valence-corrected chi connectivity index (χ3v) is 3.20. The number of fused-ring (bicyclic) bond motifs is 2. The van der Waals surface area contributed by atoms with Crippen LogP contribution in [0.25, 0.3) is 0 Å². The molecule has 0 unspecified atom stereocenters. The quantitative estimate of drug-likeness (QED) is 0.572. The van der Waals surface area contributed by atoms with Gasteiger partial charge in [0.25, 0.3) is 0 Å². The van der Waals surface area contributed by atoms with Crippen LogP contribution in [-0.4, -0.2) is 19.0 Å². The third kappa shape index (κ3) is 1.07. The van der Waals surface area contributed by atoms with Gasteiger partial charge in [-0.15, -0.1) is 0 Å². The maximum atomic E-state index is 11.7. The Labute approximate surface area is 93.3 Å². The van der Waals surface area contributed by atoms with E-state index < -0.39 is 0 Å². The van der Waals surface area contributed by atoms with Crippen molar-refractivity contribution in [3.8, 4) is 11.5 Å². The maximum Gasteiger partial charge on any atom is 0.163 e. The SMILES string of the molecule is CC(=O)c1c2c(c(N)c3c1OCC3)OCC2. The van der Waals surface area contributed by atoms with Gasteiger partial charge in [0.05, 0.1) is 24.5 Å². The lowest BCUT2D eigenvalue weighted by molar-refractivity contribution is 0.101.